The van der Waals surface area contributed by atoms with Crippen LogP contribution in [-0.2, 0) is 0 Å². The van der Waals surface area contributed by atoms with Crippen molar-refractivity contribution in [2.75, 3.05) is 5.33 Å². The summed E-state index contributed by atoms with van der Waals surface area (Å²) < 4.78 is 27.4. The summed E-state index contributed by atoms with van der Waals surface area (Å²) in [5.41, 5.74) is -0.565. The van der Waals surface area contributed by atoms with Gasteiger partial charge < -0.3 is 5.32 Å². The van der Waals surface area contributed by atoms with Crippen molar-refractivity contribution in [3.8, 4) is 0 Å². The molecule has 98 valence electrons. The molecule has 18 heavy (non-hydrogen) atoms. The van der Waals surface area contributed by atoms with Gasteiger partial charge in [-0.25, -0.2) is 8.78 Å². The van der Waals surface area contributed by atoms with Crippen molar-refractivity contribution in [2.45, 2.75) is 31.7 Å². The highest BCUT2D eigenvalue weighted by atomic mass is 79.9. The van der Waals surface area contributed by atoms with Gasteiger partial charge in [-0.1, -0.05) is 22.0 Å². The quantitative estimate of drug-likeness (QED) is 0.851. The molecular formula is C13H14BrF2NO. The summed E-state index contributed by atoms with van der Waals surface area (Å²) in [5, 5.41) is 3.34. The van der Waals surface area contributed by atoms with E-state index in [2.05, 4.69) is 21.2 Å². The molecule has 1 aliphatic carbocycles. The summed E-state index contributed by atoms with van der Waals surface area (Å²) >= 11 is 3.33. The Morgan fingerprint density at radius 3 is 2.61 bits per heavy atom. The van der Waals surface area contributed by atoms with Crippen molar-refractivity contribution in [1.29, 1.82) is 0 Å². The first-order valence-electron chi connectivity index (χ1n) is 5.82. The first-order valence-corrected chi connectivity index (χ1v) is 6.94. The number of aryl methyl sites for hydroxylation is 1. The third-order valence-corrected chi connectivity index (χ3v) is 4.53. The van der Waals surface area contributed by atoms with Crippen molar-refractivity contribution in [3.05, 3.63) is 34.9 Å². The van der Waals surface area contributed by atoms with Crippen LogP contribution < -0.4 is 5.32 Å². The molecule has 1 fully saturated rings. The Morgan fingerprint density at radius 2 is 2.11 bits per heavy atom. The van der Waals surface area contributed by atoms with Crippen LogP contribution in [0.3, 0.4) is 0 Å². The van der Waals surface area contributed by atoms with Crippen LogP contribution in [-0.4, -0.2) is 16.8 Å². The van der Waals surface area contributed by atoms with E-state index >= 15 is 0 Å². The largest absolute Gasteiger partial charge is 0.346 e. The maximum Gasteiger partial charge on any atom is 0.257 e. The summed E-state index contributed by atoms with van der Waals surface area (Å²) in [4.78, 5) is 12.0. The second kappa shape index (κ2) is 4.96. The average Bonchev–Trinajstić information content (AvgIpc) is 2.29. The van der Waals surface area contributed by atoms with Gasteiger partial charge >= 0.3 is 0 Å². The predicted molar refractivity (Wildman–Crippen MR) is 68.9 cm³/mol. The summed E-state index contributed by atoms with van der Waals surface area (Å²) in [6.45, 7) is 1.51. The molecule has 1 aromatic rings. The minimum atomic E-state index is -0.820. The number of hydrogen-bond acceptors (Lipinski definition) is 1. The molecule has 1 amide bonds. The number of rotatable bonds is 3. The van der Waals surface area contributed by atoms with Crippen LogP contribution in [0.25, 0.3) is 0 Å². The van der Waals surface area contributed by atoms with Crippen LogP contribution in [0.2, 0.25) is 0 Å². The van der Waals surface area contributed by atoms with E-state index in [1.807, 2.05) is 0 Å². The van der Waals surface area contributed by atoms with Crippen LogP contribution in [0.1, 0.15) is 35.2 Å². The van der Waals surface area contributed by atoms with E-state index in [-0.39, 0.29) is 11.1 Å². The van der Waals surface area contributed by atoms with Crippen LogP contribution in [0.4, 0.5) is 8.78 Å². The van der Waals surface area contributed by atoms with Gasteiger partial charge in [-0.15, -0.1) is 0 Å². The number of nitrogens with one attached hydrogen (secondary N) is 1. The molecule has 2 nitrogen and oxygen atoms in total. The standard InChI is InChI=1S/C13H14BrF2NO/c1-8-3-4-9(15)10(11(8)16)12(18)17-13(7-14)5-2-6-13/h3-4H,2,5-7H2,1H3,(H,17,18). The molecule has 2 rings (SSSR count). The first kappa shape index (κ1) is 13.5. The van der Waals surface area contributed by atoms with Gasteiger partial charge in [-0.2, -0.15) is 0 Å². The SMILES string of the molecule is Cc1ccc(F)c(C(=O)NC2(CBr)CCC2)c1F. The lowest BCUT2D eigenvalue weighted by atomic mass is 9.78. The fourth-order valence-corrected chi connectivity index (χ4v) is 2.76. The van der Waals surface area contributed by atoms with Gasteiger partial charge in [-0.3, -0.25) is 4.79 Å². The zero-order chi connectivity index (χ0) is 13.3. The number of halogens is 3. The molecule has 0 heterocycles. The Hall–Kier alpha value is -0.970. The summed E-state index contributed by atoms with van der Waals surface area (Å²) in [6, 6.07) is 2.44. The molecule has 1 saturated carbocycles. The molecule has 1 aliphatic rings. The van der Waals surface area contributed by atoms with Crippen molar-refractivity contribution >= 4 is 21.8 Å². The van der Waals surface area contributed by atoms with E-state index in [1.54, 1.807) is 0 Å². The van der Waals surface area contributed by atoms with Crippen molar-refractivity contribution < 1.29 is 13.6 Å². The lowest BCUT2D eigenvalue weighted by Gasteiger charge is -2.41. The molecule has 1 aromatic carbocycles. The molecule has 0 bridgehead atoms. The minimum absolute atomic E-state index is 0.267. The number of carbonyl (C=O) groups excluding carboxylic acids is 1. The number of amides is 1. The van der Waals surface area contributed by atoms with Crippen LogP contribution in [0.5, 0.6) is 0 Å². The van der Waals surface area contributed by atoms with Crippen molar-refractivity contribution in [2.24, 2.45) is 0 Å². The molecule has 0 aliphatic heterocycles. The maximum absolute atomic E-state index is 13.8. The smallest absolute Gasteiger partial charge is 0.257 e. The summed E-state index contributed by atoms with van der Waals surface area (Å²) in [7, 11) is 0. The third-order valence-electron chi connectivity index (χ3n) is 3.46. The van der Waals surface area contributed by atoms with Gasteiger partial charge in [0.1, 0.15) is 17.2 Å². The molecule has 0 atom stereocenters. The van der Waals surface area contributed by atoms with E-state index in [0.29, 0.717) is 5.33 Å². The highest BCUT2D eigenvalue weighted by molar-refractivity contribution is 9.09. The monoisotopic (exact) mass is 317 g/mol. The van der Waals surface area contributed by atoms with Gasteiger partial charge in [0, 0.05) is 5.33 Å². The van der Waals surface area contributed by atoms with Gasteiger partial charge in [0.25, 0.3) is 5.91 Å². The maximum atomic E-state index is 13.8. The number of hydrogen-bond donors (Lipinski definition) is 1. The zero-order valence-electron chi connectivity index (χ0n) is 10.0. The molecule has 0 unspecified atom stereocenters. The normalized spacial score (nSPS) is 17.1. The van der Waals surface area contributed by atoms with E-state index in [9.17, 15) is 13.6 Å². The fraction of sp³-hybridized carbons (Fsp3) is 0.462. The lowest BCUT2D eigenvalue weighted by molar-refractivity contribution is 0.0847. The van der Waals surface area contributed by atoms with Crippen molar-refractivity contribution in [1.82, 2.24) is 5.32 Å². The Balaban J connectivity index is 2.26. The van der Waals surface area contributed by atoms with Gasteiger partial charge in [0.2, 0.25) is 0 Å². The second-order valence-electron chi connectivity index (χ2n) is 4.77. The molecule has 1 N–H and O–H groups in total. The van der Waals surface area contributed by atoms with Gasteiger partial charge in [0.15, 0.2) is 0 Å². The number of benzene rings is 1. The highest BCUT2D eigenvalue weighted by Gasteiger charge is 2.38. The minimum Gasteiger partial charge on any atom is -0.346 e. The average molecular weight is 318 g/mol. The predicted octanol–water partition coefficient (Wildman–Crippen LogP) is 3.32. The Labute approximate surface area is 113 Å². The van der Waals surface area contributed by atoms with Crippen LogP contribution in [0.15, 0.2) is 12.1 Å². The van der Waals surface area contributed by atoms with E-state index in [0.717, 1.165) is 25.3 Å². The summed E-state index contributed by atoms with van der Waals surface area (Å²) in [5.74, 6) is -2.27. The molecular weight excluding hydrogens is 304 g/mol. The number of alkyl halides is 1. The van der Waals surface area contributed by atoms with Crippen LogP contribution in [0, 0.1) is 18.6 Å². The molecule has 0 radical (unpaired) electrons. The van der Waals surface area contributed by atoms with Gasteiger partial charge in [-0.05, 0) is 37.8 Å². The fourth-order valence-electron chi connectivity index (χ4n) is 2.06. The van der Waals surface area contributed by atoms with E-state index < -0.39 is 23.1 Å². The zero-order valence-corrected chi connectivity index (χ0v) is 11.6. The topological polar surface area (TPSA) is 29.1 Å². The Morgan fingerprint density at radius 1 is 1.44 bits per heavy atom. The summed E-state index contributed by atoms with van der Waals surface area (Å²) in [6.07, 6.45) is 2.68. The highest BCUT2D eigenvalue weighted by Crippen LogP contribution is 2.34. The second-order valence-corrected chi connectivity index (χ2v) is 5.34. The first-order chi connectivity index (χ1) is 8.49. The lowest BCUT2D eigenvalue weighted by Crippen LogP contribution is -2.55. The molecule has 0 saturated heterocycles. The van der Waals surface area contributed by atoms with Crippen molar-refractivity contribution in [3.63, 3.8) is 0 Å². The molecule has 0 spiro atoms. The third kappa shape index (κ3) is 2.28. The Kier molecular flexibility index (Phi) is 3.71. The van der Waals surface area contributed by atoms with Gasteiger partial charge in [0.05, 0.1) is 5.54 Å². The van der Waals surface area contributed by atoms with E-state index in [4.69, 9.17) is 0 Å². The number of carbonyl (C=O) groups is 1. The van der Waals surface area contributed by atoms with E-state index in [1.165, 1.54) is 13.0 Å². The molecule has 5 heteroatoms. The molecule has 0 aromatic heterocycles. The van der Waals surface area contributed by atoms with Crippen LogP contribution >= 0.6 is 15.9 Å². The Bertz CT molecular complexity index is 481.